The van der Waals surface area contributed by atoms with Crippen molar-refractivity contribution >= 4 is 23.4 Å². The van der Waals surface area contributed by atoms with Crippen LogP contribution in [0.15, 0.2) is 90.1 Å². The second-order valence-corrected chi connectivity index (χ2v) is 9.08. The number of hydrogen-bond acceptors (Lipinski definition) is 5. The van der Waals surface area contributed by atoms with Crippen LogP contribution in [0, 0.1) is 0 Å². The lowest BCUT2D eigenvalue weighted by Crippen LogP contribution is -2.16. The van der Waals surface area contributed by atoms with Crippen molar-refractivity contribution in [3.63, 3.8) is 0 Å². The number of amides is 1. The molecule has 0 saturated heterocycles. The lowest BCUT2D eigenvalue weighted by atomic mass is 10.1. The maximum absolute atomic E-state index is 12.7. The van der Waals surface area contributed by atoms with Crippen LogP contribution in [0.25, 0.3) is 0 Å². The van der Waals surface area contributed by atoms with E-state index in [1.54, 1.807) is 0 Å². The van der Waals surface area contributed by atoms with Crippen molar-refractivity contribution in [2.45, 2.75) is 38.1 Å². The zero-order chi connectivity index (χ0) is 23.8. The highest BCUT2D eigenvalue weighted by atomic mass is 32.2. The number of anilines is 1. The summed E-state index contributed by atoms with van der Waals surface area (Å²) in [4.78, 5) is 12.7. The smallest absolute Gasteiger partial charge is 0.234 e. The summed E-state index contributed by atoms with van der Waals surface area (Å²) in [5.41, 5.74) is 2.99. The minimum Gasteiger partial charge on any atom is -0.489 e. The third-order valence-electron chi connectivity index (χ3n) is 5.04. The summed E-state index contributed by atoms with van der Waals surface area (Å²) in [5, 5.41) is 12.6. The Kier molecular flexibility index (Phi) is 7.99. The van der Waals surface area contributed by atoms with E-state index < -0.39 is 0 Å². The van der Waals surface area contributed by atoms with E-state index in [1.165, 1.54) is 17.3 Å². The van der Waals surface area contributed by atoms with E-state index in [1.807, 2.05) is 74.5 Å². The maximum atomic E-state index is 12.7. The van der Waals surface area contributed by atoms with Crippen LogP contribution in [0.5, 0.6) is 5.75 Å². The molecule has 0 aliphatic heterocycles. The Hall–Kier alpha value is -3.58. The molecule has 34 heavy (non-hydrogen) atoms. The normalized spacial score (nSPS) is 10.9. The number of thioether (sulfide) groups is 1. The molecule has 0 spiro atoms. The van der Waals surface area contributed by atoms with Crippen LogP contribution in [0.1, 0.15) is 30.8 Å². The molecular formula is C27H28N4O2S. The standard InChI is InChI=1S/C27H28N4O2S/c1-20(2)33-24-16-10-9-15-23(24)28-26(32)19-34-27-30-29-25(17-21-11-5-3-6-12-21)31(27)18-22-13-7-4-8-14-22/h3-16,20H,17-19H2,1-2H3,(H,28,32). The predicted octanol–water partition coefficient (Wildman–Crippen LogP) is 5.44. The van der Waals surface area contributed by atoms with Gasteiger partial charge in [0.2, 0.25) is 5.91 Å². The van der Waals surface area contributed by atoms with Crippen molar-refractivity contribution in [2.24, 2.45) is 0 Å². The molecule has 1 N–H and O–H groups in total. The fraction of sp³-hybridized carbons (Fsp3) is 0.222. The summed E-state index contributed by atoms with van der Waals surface area (Å²) in [6.45, 7) is 4.56. The fourth-order valence-electron chi connectivity index (χ4n) is 3.50. The van der Waals surface area contributed by atoms with Gasteiger partial charge in [0.05, 0.1) is 24.1 Å². The molecule has 4 aromatic rings. The first kappa shape index (κ1) is 23.6. The topological polar surface area (TPSA) is 69.0 Å². The average molecular weight is 473 g/mol. The van der Waals surface area contributed by atoms with Crippen LogP contribution >= 0.6 is 11.8 Å². The van der Waals surface area contributed by atoms with Crippen LogP contribution in [0.3, 0.4) is 0 Å². The number of para-hydroxylation sites is 2. The Balaban J connectivity index is 1.48. The quantitative estimate of drug-likeness (QED) is 0.312. The summed E-state index contributed by atoms with van der Waals surface area (Å²) < 4.78 is 7.90. The van der Waals surface area contributed by atoms with Gasteiger partial charge in [-0.2, -0.15) is 0 Å². The number of rotatable bonds is 10. The first-order valence-corrected chi connectivity index (χ1v) is 12.3. The van der Waals surface area contributed by atoms with Gasteiger partial charge in [-0.1, -0.05) is 84.6 Å². The Bertz CT molecular complexity index is 1210. The second kappa shape index (κ2) is 11.5. The molecule has 0 unspecified atom stereocenters. The molecule has 6 nitrogen and oxygen atoms in total. The second-order valence-electron chi connectivity index (χ2n) is 8.13. The Morgan fingerprint density at radius 2 is 1.56 bits per heavy atom. The zero-order valence-corrected chi connectivity index (χ0v) is 20.2. The van der Waals surface area contributed by atoms with Gasteiger partial charge in [-0.3, -0.25) is 4.79 Å². The highest BCUT2D eigenvalue weighted by Gasteiger charge is 2.16. The number of carbonyl (C=O) groups excluding carboxylic acids is 1. The number of nitrogens with one attached hydrogen (secondary N) is 1. The zero-order valence-electron chi connectivity index (χ0n) is 19.3. The molecule has 0 aliphatic carbocycles. The number of benzene rings is 3. The molecule has 1 amide bonds. The van der Waals surface area contributed by atoms with E-state index in [0.29, 0.717) is 24.4 Å². The van der Waals surface area contributed by atoms with Crippen LogP contribution in [0.2, 0.25) is 0 Å². The van der Waals surface area contributed by atoms with E-state index >= 15 is 0 Å². The van der Waals surface area contributed by atoms with Crippen LogP contribution in [-0.4, -0.2) is 32.5 Å². The van der Waals surface area contributed by atoms with Crippen molar-refractivity contribution in [1.29, 1.82) is 0 Å². The minimum atomic E-state index is -0.122. The highest BCUT2D eigenvalue weighted by molar-refractivity contribution is 7.99. The van der Waals surface area contributed by atoms with E-state index in [2.05, 4.69) is 44.3 Å². The molecule has 0 radical (unpaired) electrons. The van der Waals surface area contributed by atoms with Crippen LogP contribution in [0.4, 0.5) is 5.69 Å². The summed E-state index contributed by atoms with van der Waals surface area (Å²) in [6, 6.07) is 27.9. The number of ether oxygens (including phenoxy) is 1. The molecule has 0 saturated carbocycles. The van der Waals surface area contributed by atoms with Gasteiger partial charge in [-0.15, -0.1) is 10.2 Å². The molecule has 4 rings (SSSR count). The van der Waals surface area contributed by atoms with E-state index in [9.17, 15) is 4.79 Å². The van der Waals surface area contributed by atoms with E-state index in [4.69, 9.17) is 4.74 Å². The maximum Gasteiger partial charge on any atom is 0.234 e. The largest absolute Gasteiger partial charge is 0.489 e. The highest BCUT2D eigenvalue weighted by Crippen LogP contribution is 2.26. The number of hydrogen-bond donors (Lipinski definition) is 1. The predicted molar refractivity (Wildman–Crippen MR) is 136 cm³/mol. The van der Waals surface area contributed by atoms with Gasteiger partial charge in [0, 0.05) is 6.42 Å². The van der Waals surface area contributed by atoms with Crippen LogP contribution in [-0.2, 0) is 17.8 Å². The van der Waals surface area contributed by atoms with Gasteiger partial charge in [0.1, 0.15) is 11.6 Å². The average Bonchev–Trinajstić information content (AvgIpc) is 3.21. The van der Waals surface area contributed by atoms with Gasteiger partial charge in [0.15, 0.2) is 5.16 Å². The number of carbonyl (C=O) groups is 1. The summed E-state index contributed by atoms with van der Waals surface area (Å²) in [5.74, 6) is 1.62. The molecule has 0 bridgehead atoms. The van der Waals surface area contributed by atoms with E-state index in [0.717, 1.165) is 16.5 Å². The molecule has 1 aromatic heterocycles. The Labute approximate surface area is 204 Å². The third-order valence-corrected chi connectivity index (χ3v) is 6.00. The van der Waals surface area contributed by atoms with Crippen molar-refractivity contribution in [2.75, 3.05) is 11.1 Å². The minimum absolute atomic E-state index is 0.0204. The van der Waals surface area contributed by atoms with Crippen molar-refractivity contribution < 1.29 is 9.53 Å². The molecule has 174 valence electrons. The van der Waals surface area contributed by atoms with Crippen molar-refractivity contribution in [3.8, 4) is 5.75 Å². The summed E-state index contributed by atoms with van der Waals surface area (Å²) in [6.07, 6.45) is 0.694. The van der Waals surface area contributed by atoms with Crippen LogP contribution < -0.4 is 10.1 Å². The lowest BCUT2D eigenvalue weighted by molar-refractivity contribution is -0.113. The molecule has 0 aliphatic rings. The van der Waals surface area contributed by atoms with Gasteiger partial charge >= 0.3 is 0 Å². The Morgan fingerprint density at radius 1 is 0.912 bits per heavy atom. The number of aromatic nitrogens is 3. The third kappa shape index (κ3) is 6.48. The molecule has 1 heterocycles. The van der Waals surface area contributed by atoms with Gasteiger partial charge < -0.3 is 14.6 Å². The van der Waals surface area contributed by atoms with Crippen molar-refractivity contribution in [1.82, 2.24) is 14.8 Å². The van der Waals surface area contributed by atoms with Gasteiger partial charge in [-0.05, 0) is 37.1 Å². The Morgan fingerprint density at radius 3 is 2.26 bits per heavy atom. The first-order valence-electron chi connectivity index (χ1n) is 11.3. The SMILES string of the molecule is CC(C)Oc1ccccc1NC(=O)CSc1nnc(Cc2ccccc2)n1Cc1ccccc1. The van der Waals surface area contributed by atoms with Gasteiger partial charge in [-0.25, -0.2) is 0 Å². The molecule has 0 atom stereocenters. The fourth-order valence-corrected chi connectivity index (χ4v) is 4.26. The van der Waals surface area contributed by atoms with E-state index in [-0.39, 0.29) is 17.8 Å². The summed E-state index contributed by atoms with van der Waals surface area (Å²) in [7, 11) is 0. The lowest BCUT2D eigenvalue weighted by Gasteiger charge is -2.15. The number of nitrogens with zero attached hydrogens (tertiary/aromatic N) is 3. The molecular weight excluding hydrogens is 444 g/mol. The monoisotopic (exact) mass is 472 g/mol. The first-order chi connectivity index (χ1) is 16.6. The molecule has 7 heteroatoms. The van der Waals surface area contributed by atoms with Gasteiger partial charge in [0.25, 0.3) is 0 Å². The summed E-state index contributed by atoms with van der Waals surface area (Å²) >= 11 is 1.38. The molecule has 3 aromatic carbocycles. The molecule has 0 fully saturated rings. The van der Waals surface area contributed by atoms with Crippen molar-refractivity contribution in [3.05, 3.63) is 102 Å².